The monoisotopic (exact) mass is 262 g/mol. The van der Waals surface area contributed by atoms with Gasteiger partial charge in [-0.15, -0.1) is 0 Å². The van der Waals surface area contributed by atoms with Crippen molar-refractivity contribution in [3.8, 4) is 0 Å². The summed E-state index contributed by atoms with van der Waals surface area (Å²) in [5.74, 6) is -0.477. The van der Waals surface area contributed by atoms with Gasteiger partial charge in [0.2, 0.25) is 0 Å². The van der Waals surface area contributed by atoms with E-state index in [-0.39, 0.29) is 24.6 Å². The Bertz CT molecular complexity index is 459. The Morgan fingerprint density at radius 2 is 2.26 bits per heavy atom. The van der Waals surface area contributed by atoms with E-state index >= 15 is 0 Å². The quantitative estimate of drug-likeness (QED) is 0.356. The molecule has 2 rings (SSSR count). The number of aliphatic hydroxyl groups excluding tert-OH is 1. The van der Waals surface area contributed by atoms with Crippen LogP contribution in [-0.4, -0.2) is 30.1 Å². The molecular weight excluding hydrogens is 244 g/mol. The fourth-order valence-electron chi connectivity index (χ4n) is 2.54. The molecule has 1 aliphatic carbocycles. The first-order valence-electron chi connectivity index (χ1n) is 6.50. The highest BCUT2D eigenvalue weighted by Gasteiger charge is 2.37. The summed E-state index contributed by atoms with van der Waals surface area (Å²) in [5.41, 5.74) is 2.04. The summed E-state index contributed by atoms with van der Waals surface area (Å²) in [6.45, 7) is 3.72. The summed E-state index contributed by atoms with van der Waals surface area (Å²) in [5, 5.41) is 9.32. The van der Waals surface area contributed by atoms with E-state index in [2.05, 4.69) is 6.58 Å². The molecule has 0 aromatic rings. The Balaban J connectivity index is 2.27. The zero-order valence-corrected chi connectivity index (χ0v) is 10.8. The number of allylic oxidation sites excluding steroid dienone is 2. The van der Waals surface area contributed by atoms with Crippen LogP contribution >= 0.6 is 0 Å². The highest BCUT2D eigenvalue weighted by molar-refractivity contribution is 5.91. The number of aliphatic hydroxyl groups is 1. The predicted molar refractivity (Wildman–Crippen MR) is 70.3 cm³/mol. The predicted octanol–water partition coefficient (Wildman–Crippen LogP) is 1.70. The van der Waals surface area contributed by atoms with Gasteiger partial charge in [-0.3, -0.25) is 4.79 Å². The average molecular weight is 262 g/mol. The lowest BCUT2D eigenvalue weighted by Gasteiger charge is -2.17. The van der Waals surface area contributed by atoms with Gasteiger partial charge in [0.05, 0.1) is 6.61 Å². The lowest BCUT2D eigenvalue weighted by molar-refractivity contribution is -0.137. The number of fused-ring (bicyclic) bond motifs is 1. The Labute approximate surface area is 112 Å². The van der Waals surface area contributed by atoms with E-state index in [1.807, 2.05) is 12.2 Å². The van der Waals surface area contributed by atoms with Crippen molar-refractivity contribution in [3.05, 3.63) is 35.5 Å². The molecule has 102 valence electrons. The molecule has 0 aromatic heterocycles. The van der Waals surface area contributed by atoms with Crippen LogP contribution in [0.1, 0.15) is 25.7 Å². The standard InChI is InChI=1S/C15H18O4/c1-10-13-6-5-11(8-16)3-2-4-12(9-17)7-14(13)19-15(10)18/h3,7-8,13-14,17H,1-2,4-6,9H2/b11-3+,12-7-/t13-,14-/m1/s1. The third-order valence-corrected chi connectivity index (χ3v) is 3.72. The molecule has 1 N–H and O–H groups in total. The van der Waals surface area contributed by atoms with Crippen LogP contribution in [0.15, 0.2) is 35.5 Å². The maximum absolute atomic E-state index is 11.6. The third-order valence-electron chi connectivity index (χ3n) is 3.72. The number of hydrogen-bond acceptors (Lipinski definition) is 4. The maximum atomic E-state index is 11.6. The molecule has 2 aliphatic rings. The number of esters is 1. The fraction of sp³-hybridized carbons (Fsp3) is 0.467. The topological polar surface area (TPSA) is 63.6 Å². The number of hydrogen-bond donors (Lipinski definition) is 1. The molecule has 0 aromatic carbocycles. The van der Waals surface area contributed by atoms with Crippen molar-refractivity contribution in [2.45, 2.75) is 31.8 Å². The van der Waals surface area contributed by atoms with Crippen molar-refractivity contribution >= 4 is 12.3 Å². The van der Waals surface area contributed by atoms with Crippen LogP contribution in [0.25, 0.3) is 0 Å². The fourth-order valence-corrected chi connectivity index (χ4v) is 2.54. The minimum Gasteiger partial charge on any atom is -0.454 e. The van der Waals surface area contributed by atoms with Crippen molar-refractivity contribution < 1.29 is 19.4 Å². The first-order chi connectivity index (χ1) is 9.15. The molecule has 0 amide bonds. The lowest BCUT2D eigenvalue weighted by atomic mass is 9.88. The van der Waals surface area contributed by atoms with E-state index in [1.54, 1.807) is 0 Å². The molecule has 0 spiro atoms. The van der Waals surface area contributed by atoms with Crippen LogP contribution in [-0.2, 0) is 14.3 Å². The summed E-state index contributed by atoms with van der Waals surface area (Å²) in [4.78, 5) is 22.5. The summed E-state index contributed by atoms with van der Waals surface area (Å²) >= 11 is 0. The Morgan fingerprint density at radius 3 is 2.95 bits per heavy atom. The largest absolute Gasteiger partial charge is 0.454 e. The molecule has 0 unspecified atom stereocenters. The van der Waals surface area contributed by atoms with Crippen LogP contribution in [0, 0.1) is 5.92 Å². The Morgan fingerprint density at radius 1 is 1.47 bits per heavy atom. The van der Waals surface area contributed by atoms with Gasteiger partial charge in [0.15, 0.2) is 0 Å². The number of aldehydes is 1. The van der Waals surface area contributed by atoms with E-state index in [0.717, 1.165) is 17.4 Å². The Kier molecular flexibility index (Phi) is 4.32. The molecule has 0 saturated carbocycles. The summed E-state index contributed by atoms with van der Waals surface area (Å²) in [7, 11) is 0. The van der Waals surface area contributed by atoms with Gasteiger partial charge in [0.25, 0.3) is 0 Å². The normalized spacial score (nSPS) is 33.5. The first-order valence-corrected chi connectivity index (χ1v) is 6.50. The smallest absolute Gasteiger partial charge is 0.334 e. The molecule has 1 saturated heterocycles. The number of carbonyl (C=O) groups is 2. The van der Waals surface area contributed by atoms with Crippen molar-refractivity contribution in [1.82, 2.24) is 0 Å². The van der Waals surface area contributed by atoms with Gasteiger partial charge in [-0.1, -0.05) is 12.7 Å². The summed E-state index contributed by atoms with van der Waals surface area (Å²) in [6, 6.07) is 0. The lowest BCUT2D eigenvalue weighted by Crippen LogP contribution is -2.16. The second-order valence-electron chi connectivity index (χ2n) is 4.96. The minimum absolute atomic E-state index is 0.0580. The molecule has 1 fully saturated rings. The number of rotatable bonds is 2. The van der Waals surface area contributed by atoms with E-state index in [0.29, 0.717) is 31.3 Å². The van der Waals surface area contributed by atoms with Gasteiger partial charge in [0.1, 0.15) is 12.4 Å². The molecule has 2 atom stereocenters. The van der Waals surface area contributed by atoms with Gasteiger partial charge in [0, 0.05) is 11.5 Å². The van der Waals surface area contributed by atoms with Crippen LogP contribution in [0.5, 0.6) is 0 Å². The van der Waals surface area contributed by atoms with Crippen LogP contribution in [0.2, 0.25) is 0 Å². The van der Waals surface area contributed by atoms with E-state index in [9.17, 15) is 14.7 Å². The van der Waals surface area contributed by atoms with Gasteiger partial charge < -0.3 is 9.84 Å². The zero-order valence-electron chi connectivity index (χ0n) is 10.8. The molecule has 0 bridgehead atoms. The average Bonchev–Trinajstić information content (AvgIpc) is 2.68. The third kappa shape index (κ3) is 3.01. The molecular formula is C15H18O4. The van der Waals surface area contributed by atoms with Crippen molar-refractivity contribution in [2.24, 2.45) is 5.92 Å². The van der Waals surface area contributed by atoms with Crippen molar-refractivity contribution in [1.29, 1.82) is 0 Å². The molecule has 0 radical (unpaired) electrons. The van der Waals surface area contributed by atoms with Gasteiger partial charge in [-0.2, -0.15) is 0 Å². The second-order valence-corrected chi connectivity index (χ2v) is 4.96. The minimum atomic E-state index is -0.376. The van der Waals surface area contributed by atoms with Gasteiger partial charge in [-0.05, 0) is 42.9 Å². The van der Waals surface area contributed by atoms with Crippen molar-refractivity contribution in [2.75, 3.05) is 6.61 Å². The van der Waals surface area contributed by atoms with E-state index < -0.39 is 0 Å². The van der Waals surface area contributed by atoms with E-state index in [1.165, 1.54) is 0 Å². The number of carbonyl (C=O) groups excluding carboxylic acids is 2. The van der Waals surface area contributed by atoms with Crippen LogP contribution in [0.4, 0.5) is 0 Å². The van der Waals surface area contributed by atoms with Gasteiger partial charge >= 0.3 is 5.97 Å². The van der Waals surface area contributed by atoms with Crippen LogP contribution in [0.3, 0.4) is 0 Å². The van der Waals surface area contributed by atoms with Crippen LogP contribution < -0.4 is 0 Å². The number of ether oxygens (including phenoxy) is 1. The highest BCUT2D eigenvalue weighted by Crippen LogP contribution is 2.33. The molecule has 19 heavy (non-hydrogen) atoms. The summed E-state index contributed by atoms with van der Waals surface area (Å²) < 4.78 is 5.28. The SMILES string of the molecule is C=C1C(=O)O[C@@H]2/C=C(\CO)CC/C=C(/C=O)CC[C@H]12. The molecule has 4 heteroatoms. The first kappa shape index (κ1) is 13.7. The maximum Gasteiger partial charge on any atom is 0.334 e. The second kappa shape index (κ2) is 5.97. The molecule has 1 aliphatic heterocycles. The van der Waals surface area contributed by atoms with Gasteiger partial charge in [-0.25, -0.2) is 4.79 Å². The van der Waals surface area contributed by atoms with Crippen molar-refractivity contribution in [3.63, 3.8) is 0 Å². The van der Waals surface area contributed by atoms with E-state index in [4.69, 9.17) is 4.74 Å². The highest BCUT2D eigenvalue weighted by atomic mass is 16.5. The summed E-state index contributed by atoms with van der Waals surface area (Å²) in [6.07, 6.45) is 6.91. The zero-order chi connectivity index (χ0) is 13.8. The molecule has 4 nitrogen and oxygen atoms in total. The molecule has 1 heterocycles. The Hall–Kier alpha value is -1.68.